The molecule has 0 fully saturated rings. The third-order valence-electron chi connectivity index (χ3n) is 8.47. The van der Waals surface area contributed by atoms with Gasteiger partial charge in [-0.05, 0) is 35.7 Å². The van der Waals surface area contributed by atoms with Crippen LogP contribution in [0.15, 0.2) is 140 Å². The molecule has 260 valence electrons. The Morgan fingerprint density at radius 2 is 1.04 bits per heavy atom. The summed E-state index contributed by atoms with van der Waals surface area (Å²) in [5, 5.41) is 1.87. The van der Waals surface area contributed by atoms with E-state index in [1.165, 1.54) is 0 Å². The number of fused-ring (bicyclic) bond motifs is 3. The standard InChI is InChI=1S/C43H26N6O2.2Pd/c1-48-22-8-15-40(48)31-27-46-43(47-28-31)49-41-25-34(50-32-11-6-9-29(23-32)38-13-2-4-20-44-38)16-18-36(41)37-19-17-35(26-42(37)49)51-33-12-7-10-30(24-33)39-14-3-5-21-45-39;;/h2-22,27-28H,1H3;;/q-4;2*+2. The number of pyridine rings is 2. The van der Waals surface area contributed by atoms with E-state index >= 15 is 0 Å². The van der Waals surface area contributed by atoms with Crippen LogP contribution in [0.25, 0.3) is 61.5 Å². The quantitative estimate of drug-likeness (QED) is 0.112. The maximum absolute atomic E-state index is 6.33. The van der Waals surface area contributed by atoms with Gasteiger partial charge in [0, 0.05) is 66.6 Å². The van der Waals surface area contributed by atoms with Crippen LogP contribution in [0.3, 0.4) is 0 Å². The number of rotatable bonds is 8. The van der Waals surface area contributed by atoms with Gasteiger partial charge >= 0.3 is 40.8 Å². The van der Waals surface area contributed by atoms with E-state index in [0.29, 0.717) is 28.9 Å². The van der Waals surface area contributed by atoms with Crippen molar-refractivity contribution in [3.63, 3.8) is 0 Å². The largest absolute Gasteiger partial charge is 2.00 e. The average Bonchev–Trinajstić information content (AvgIpc) is 3.76. The molecule has 10 heteroatoms. The Kier molecular flexibility index (Phi) is 10.4. The van der Waals surface area contributed by atoms with Crippen LogP contribution in [-0.4, -0.2) is 29.1 Å². The van der Waals surface area contributed by atoms with Gasteiger partial charge in [-0.1, -0.05) is 47.4 Å². The molecule has 0 saturated carbocycles. The van der Waals surface area contributed by atoms with E-state index < -0.39 is 0 Å². The van der Waals surface area contributed by atoms with Crippen LogP contribution in [0.5, 0.6) is 23.0 Å². The summed E-state index contributed by atoms with van der Waals surface area (Å²) in [5.74, 6) is 2.58. The van der Waals surface area contributed by atoms with Crippen LogP contribution in [0.1, 0.15) is 0 Å². The SMILES string of the molecule is Cn1cccc1-c1cnc(-n2c3[c-]c(Oc4[c-]c(-c5ccccn5)ccc4)ccc3c3ccc(Oc4[c-]c(-c5ccccn5)ccc4)[c-]c32)nc1.[Pd+2].[Pd+2]. The van der Waals surface area contributed by atoms with Gasteiger partial charge in [0.25, 0.3) is 0 Å². The second-order valence-electron chi connectivity index (χ2n) is 11.8. The monoisotopic (exact) mass is 870 g/mol. The van der Waals surface area contributed by atoms with Crippen molar-refractivity contribution in [2.24, 2.45) is 7.05 Å². The Morgan fingerprint density at radius 1 is 0.509 bits per heavy atom. The van der Waals surface area contributed by atoms with Crippen LogP contribution < -0.4 is 9.47 Å². The Bertz CT molecular complexity index is 2520. The minimum atomic E-state index is 0. The summed E-state index contributed by atoms with van der Waals surface area (Å²) in [7, 11) is 2.00. The van der Waals surface area contributed by atoms with Gasteiger partial charge in [0.1, 0.15) is 0 Å². The second-order valence-corrected chi connectivity index (χ2v) is 11.8. The molecule has 0 spiro atoms. The minimum Gasteiger partial charge on any atom is -0.503 e. The van der Waals surface area contributed by atoms with Crippen molar-refractivity contribution in [2.45, 2.75) is 0 Å². The maximum Gasteiger partial charge on any atom is 2.00 e. The molecule has 4 aromatic carbocycles. The Morgan fingerprint density at radius 3 is 1.51 bits per heavy atom. The van der Waals surface area contributed by atoms with E-state index in [1.54, 1.807) is 12.4 Å². The molecule has 0 radical (unpaired) electrons. The Balaban J connectivity index is 0.00000218. The zero-order chi connectivity index (χ0) is 34.1. The summed E-state index contributed by atoms with van der Waals surface area (Å²) in [4.78, 5) is 18.6. The number of hydrogen-bond donors (Lipinski definition) is 0. The van der Waals surface area contributed by atoms with Crippen molar-refractivity contribution < 1.29 is 50.3 Å². The predicted molar refractivity (Wildman–Crippen MR) is 196 cm³/mol. The van der Waals surface area contributed by atoms with Crippen molar-refractivity contribution in [3.05, 3.63) is 164 Å². The molecule has 5 heterocycles. The van der Waals surface area contributed by atoms with Gasteiger partial charge in [-0.3, -0.25) is 0 Å². The van der Waals surface area contributed by atoms with E-state index in [0.717, 1.165) is 55.6 Å². The molecule has 0 aliphatic rings. The van der Waals surface area contributed by atoms with E-state index in [4.69, 9.17) is 19.4 Å². The molecule has 9 aromatic rings. The number of ether oxygens (including phenoxy) is 2. The zero-order valence-electron chi connectivity index (χ0n) is 27.9. The first-order valence-electron chi connectivity index (χ1n) is 16.3. The van der Waals surface area contributed by atoms with Crippen molar-refractivity contribution in [1.82, 2.24) is 29.1 Å². The maximum atomic E-state index is 6.33. The second kappa shape index (κ2) is 15.5. The van der Waals surface area contributed by atoms with Crippen LogP contribution in [0, 0.1) is 24.3 Å². The minimum absolute atomic E-state index is 0. The van der Waals surface area contributed by atoms with Gasteiger partial charge in [-0.2, -0.15) is 22.9 Å². The van der Waals surface area contributed by atoms with Gasteiger partial charge < -0.3 is 28.6 Å². The number of hydrogen-bond acceptors (Lipinski definition) is 6. The molecule has 0 N–H and O–H groups in total. The predicted octanol–water partition coefficient (Wildman–Crippen LogP) is 9.48. The molecule has 0 unspecified atom stereocenters. The molecule has 8 nitrogen and oxygen atoms in total. The summed E-state index contributed by atoms with van der Waals surface area (Å²) in [6.07, 6.45) is 9.17. The normalized spacial score (nSPS) is 10.8. The van der Waals surface area contributed by atoms with Gasteiger partial charge in [-0.25, -0.2) is 9.97 Å². The topological polar surface area (TPSA) is 79.9 Å². The summed E-state index contributed by atoms with van der Waals surface area (Å²) >= 11 is 0. The van der Waals surface area contributed by atoms with Crippen LogP contribution in [0.4, 0.5) is 0 Å². The summed E-state index contributed by atoms with van der Waals surface area (Å²) < 4.78 is 16.6. The fourth-order valence-corrected chi connectivity index (χ4v) is 6.07. The average molecular weight is 872 g/mol. The van der Waals surface area contributed by atoms with Crippen molar-refractivity contribution in [3.8, 4) is 62.7 Å². The molecule has 0 bridgehead atoms. The van der Waals surface area contributed by atoms with E-state index in [2.05, 4.69) is 34.2 Å². The first kappa shape index (κ1) is 35.7. The molecular formula is C43H26N6O2Pd2. The van der Waals surface area contributed by atoms with Crippen molar-refractivity contribution in [1.29, 1.82) is 0 Å². The van der Waals surface area contributed by atoms with Gasteiger partial charge in [0.15, 0.2) is 0 Å². The van der Waals surface area contributed by atoms with E-state index in [-0.39, 0.29) is 40.8 Å². The first-order chi connectivity index (χ1) is 25.2. The van der Waals surface area contributed by atoms with Gasteiger partial charge in [0.2, 0.25) is 5.95 Å². The molecule has 0 atom stereocenters. The van der Waals surface area contributed by atoms with Crippen molar-refractivity contribution in [2.75, 3.05) is 0 Å². The molecule has 0 aliphatic heterocycles. The fourth-order valence-electron chi connectivity index (χ4n) is 6.07. The van der Waals surface area contributed by atoms with E-state index in [9.17, 15) is 0 Å². The van der Waals surface area contributed by atoms with Crippen LogP contribution in [-0.2, 0) is 47.9 Å². The Hall–Kier alpha value is -5.74. The number of benzene rings is 4. The van der Waals surface area contributed by atoms with Crippen molar-refractivity contribution >= 4 is 21.8 Å². The molecule has 9 rings (SSSR count). The van der Waals surface area contributed by atoms with Crippen LogP contribution >= 0.6 is 0 Å². The number of nitrogens with zero attached hydrogens (tertiary/aromatic N) is 6. The number of aromatic nitrogens is 6. The molecule has 0 aliphatic carbocycles. The summed E-state index contributed by atoms with van der Waals surface area (Å²) in [6.45, 7) is 0. The van der Waals surface area contributed by atoms with Crippen LogP contribution in [0.2, 0.25) is 0 Å². The smallest absolute Gasteiger partial charge is 0.503 e. The molecular weight excluding hydrogens is 845 g/mol. The molecule has 53 heavy (non-hydrogen) atoms. The molecule has 0 amide bonds. The summed E-state index contributed by atoms with van der Waals surface area (Å²) in [5.41, 5.74) is 6.67. The van der Waals surface area contributed by atoms with E-state index in [1.807, 2.05) is 144 Å². The zero-order valence-corrected chi connectivity index (χ0v) is 31.0. The first-order valence-corrected chi connectivity index (χ1v) is 16.3. The summed E-state index contributed by atoms with van der Waals surface area (Å²) in [6, 6.07) is 48.5. The van der Waals surface area contributed by atoms with Gasteiger partial charge in [0.05, 0.1) is 5.69 Å². The Labute approximate surface area is 333 Å². The molecule has 0 saturated heterocycles. The third kappa shape index (κ3) is 7.19. The third-order valence-corrected chi connectivity index (χ3v) is 8.47. The molecule has 5 aromatic heterocycles. The number of aryl methyl sites for hydroxylation is 1. The van der Waals surface area contributed by atoms with Gasteiger partial charge in [-0.15, -0.1) is 71.8 Å². The fraction of sp³-hybridized carbons (Fsp3) is 0.0233.